The van der Waals surface area contributed by atoms with Crippen molar-refractivity contribution >= 4 is 18.3 Å². The Morgan fingerprint density at radius 3 is 2.67 bits per heavy atom. The van der Waals surface area contributed by atoms with Crippen LogP contribution in [-0.2, 0) is 0 Å². The van der Waals surface area contributed by atoms with Gasteiger partial charge >= 0.3 is 0 Å². The number of rotatable bonds is 1. The first-order valence-electron chi connectivity index (χ1n) is 3.19. The highest BCUT2D eigenvalue weighted by molar-refractivity contribution is 7.80. The van der Waals surface area contributed by atoms with Crippen molar-refractivity contribution in [3.8, 4) is 5.75 Å². The second kappa shape index (κ2) is 3.02. The van der Waals surface area contributed by atoms with Gasteiger partial charge in [0.2, 0.25) is 0 Å². The molecule has 0 aliphatic heterocycles. The highest BCUT2D eigenvalue weighted by atomic mass is 32.1. The summed E-state index contributed by atoms with van der Waals surface area (Å²) in [4.78, 5) is 10.0. The second-order valence-corrected chi connectivity index (χ2v) is 2.87. The molecule has 0 heterocycles. The Morgan fingerprint density at radius 1 is 1.58 bits per heavy atom. The molecule has 0 saturated heterocycles. The summed E-state index contributed by atoms with van der Waals surface area (Å²) < 4.78 is 0. The molecule has 4 nitrogen and oxygen atoms in total. The first-order chi connectivity index (χ1) is 5.52. The lowest BCUT2D eigenvalue weighted by molar-refractivity contribution is -0.387. The molecular weight excluding hydrogens is 178 g/mol. The van der Waals surface area contributed by atoms with Crippen molar-refractivity contribution in [1.82, 2.24) is 0 Å². The van der Waals surface area contributed by atoms with Gasteiger partial charge in [-0.3, -0.25) is 10.1 Å². The van der Waals surface area contributed by atoms with Gasteiger partial charge in [0, 0.05) is 0 Å². The Labute approximate surface area is 74.4 Å². The van der Waals surface area contributed by atoms with E-state index in [0.717, 1.165) is 6.07 Å². The normalized spacial score (nSPS) is 9.83. The lowest BCUT2D eigenvalue weighted by atomic mass is 10.2. The first-order valence-corrected chi connectivity index (χ1v) is 3.64. The Kier molecular flexibility index (Phi) is 2.23. The molecule has 5 heteroatoms. The van der Waals surface area contributed by atoms with Gasteiger partial charge in [-0.15, -0.1) is 12.6 Å². The molecule has 0 aromatic heterocycles. The summed E-state index contributed by atoms with van der Waals surface area (Å²) in [6.45, 7) is 1.65. The molecule has 0 spiro atoms. The van der Waals surface area contributed by atoms with Gasteiger partial charge in [-0.1, -0.05) is 0 Å². The van der Waals surface area contributed by atoms with Crippen LogP contribution in [0.25, 0.3) is 0 Å². The molecule has 12 heavy (non-hydrogen) atoms. The third kappa shape index (κ3) is 1.50. The second-order valence-electron chi connectivity index (χ2n) is 2.38. The van der Waals surface area contributed by atoms with E-state index in [0.29, 0.717) is 5.56 Å². The lowest BCUT2D eigenvalue weighted by Gasteiger charge is -2.00. The van der Waals surface area contributed by atoms with Crippen molar-refractivity contribution in [3.05, 3.63) is 27.8 Å². The molecule has 1 aromatic rings. The Balaban J connectivity index is 3.33. The molecule has 0 fully saturated rings. The van der Waals surface area contributed by atoms with Crippen molar-refractivity contribution < 1.29 is 10.0 Å². The number of phenolic OH excluding ortho intramolecular Hbond substituents is 1. The maximum absolute atomic E-state index is 10.3. The fourth-order valence-electron chi connectivity index (χ4n) is 0.816. The molecule has 0 unspecified atom stereocenters. The average molecular weight is 185 g/mol. The third-order valence-corrected chi connectivity index (χ3v) is 1.85. The van der Waals surface area contributed by atoms with Crippen molar-refractivity contribution in [2.24, 2.45) is 0 Å². The smallest absolute Gasteiger partial charge is 0.286 e. The summed E-state index contributed by atoms with van der Waals surface area (Å²) in [5.74, 6) is -0.0838. The van der Waals surface area contributed by atoms with Gasteiger partial charge in [-0.05, 0) is 18.6 Å². The van der Waals surface area contributed by atoms with E-state index in [1.54, 1.807) is 6.92 Å². The molecule has 1 N–H and O–H groups in total. The first kappa shape index (κ1) is 8.86. The number of aromatic hydroxyl groups is 1. The summed E-state index contributed by atoms with van der Waals surface area (Å²) in [5, 5.41) is 19.5. The predicted molar refractivity (Wildman–Crippen MR) is 46.8 cm³/mol. The SMILES string of the molecule is Cc1cc(S)c([N+](=O)[O-])cc1O. The van der Waals surface area contributed by atoms with E-state index in [9.17, 15) is 10.1 Å². The molecule has 0 amide bonds. The molecule has 1 rings (SSSR count). The Morgan fingerprint density at radius 2 is 2.17 bits per heavy atom. The van der Waals surface area contributed by atoms with Crippen LogP contribution in [0.5, 0.6) is 5.75 Å². The lowest BCUT2D eigenvalue weighted by Crippen LogP contribution is -1.90. The summed E-state index contributed by atoms with van der Waals surface area (Å²) in [7, 11) is 0. The number of nitro benzene ring substituents is 1. The fourth-order valence-corrected chi connectivity index (χ4v) is 1.16. The van der Waals surface area contributed by atoms with E-state index in [1.165, 1.54) is 6.07 Å². The van der Waals surface area contributed by atoms with Crippen LogP contribution in [-0.4, -0.2) is 10.0 Å². The molecule has 0 aliphatic rings. The van der Waals surface area contributed by atoms with Crippen molar-refractivity contribution in [3.63, 3.8) is 0 Å². The minimum absolute atomic E-state index is 0.0838. The summed E-state index contributed by atoms with van der Waals surface area (Å²) in [6.07, 6.45) is 0. The number of benzene rings is 1. The molecule has 0 saturated carbocycles. The van der Waals surface area contributed by atoms with E-state index < -0.39 is 4.92 Å². The monoisotopic (exact) mass is 185 g/mol. The minimum Gasteiger partial charge on any atom is -0.507 e. The number of hydrogen-bond donors (Lipinski definition) is 2. The van der Waals surface area contributed by atoms with Crippen molar-refractivity contribution in [1.29, 1.82) is 0 Å². The summed E-state index contributed by atoms with van der Waals surface area (Å²) in [6, 6.07) is 2.55. The van der Waals surface area contributed by atoms with E-state index in [2.05, 4.69) is 12.6 Å². The van der Waals surface area contributed by atoms with Gasteiger partial charge in [0.05, 0.1) is 15.9 Å². The standard InChI is InChI=1S/C7H7NO3S/c1-4-2-7(12)5(8(10)11)3-6(4)9/h2-3,9,12H,1H3. The molecule has 0 atom stereocenters. The summed E-state index contributed by atoms with van der Waals surface area (Å²) in [5.41, 5.74) is 0.395. The van der Waals surface area contributed by atoms with E-state index in [1.807, 2.05) is 0 Å². The van der Waals surface area contributed by atoms with E-state index >= 15 is 0 Å². The third-order valence-electron chi connectivity index (χ3n) is 1.49. The number of hydrogen-bond acceptors (Lipinski definition) is 4. The van der Waals surface area contributed by atoms with Crippen LogP contribution < -0.4 is 0 Å². The zero-order valence-corrected chi connectivity index (χ0v) is 7.21. The molecule has 0 radical (unpaired) electrons. The van der Waals surface area contributed by atoms with Crippen LogP contribution in [0, 0.1) is 17.0 Å². The van der Waals surface area contributed by atoms with Gasteiger partial charge in [0.1, 0.15) is 5.75 Å². The van der Waals surface area contributed by atoms with E-state index in [-0.39, 0.29) is 16.3 Å². The zero-order valence-electron chi connectivity index (χ0n) is 6.31. The molecular formula is C7H7NO3S. The van der Waals surface area contributed by atoms with Crippen LogP contribution in [0.4, 0.5) is 5.69 Å². The topological polar surface area (TPSA) is 63.4 Å². The van der Waals surface area contributed by atoms with Crippen molar-refractivity contribution in [2.45, 2.75) is 11.8 Å². The highest BCUT2D eigenvalue weighted by Gasteiger charge is 2.13. The maximum Gasteiger partial charge on any atom is 0.286 e. The van der Waals surface area contributed by atoms with Crippen LogP contribution in [0.3, 0.4) is 0 Å². The molecule has 64 valence electrons. The number of nitro groups is 1. The maximum atomic E-state index is 10.3. The molecule has 1 aromatic carbocycles. The highest BCUT2D eigenvalue weighted by Crippen LogP contribution is 2.29. The van der Waals surface area contributed by atoms with Crippen LogP contribution in [0.1, 0.15) is 5.56 Å². The van der Waals surface area contributed by atoms with Gasteiger partial charge < -0.3 is 5.11 Å². The predicted octanol–water partition coefficient (Wildman–Crippen LogP) is 1.90. The summed E-state index contributed by atoms with van der Waals surface area (Å²) >= 11 is 3.90. The van der Waals surface area contributed by atoms with Crippen molar-refractivity contribution in [2.75, 3.05) is 0 Å². The number of thiol groups is 1. The van der Waals surface area contributed by atoms with Gasteiger partial charge in [-0.2, -0.15) is 0 Å². The molecule has 0 aliphatic carbocycles. The number of phenols is 1. The van der Waals surface area contributed by atoms with Gasteiger partial charge in [-0.25, -0.2) is 0 Å². The average Bonchev–Trinajstić information content (AvgIpc) is 1.96. The van der Waals surface area contributed by atoms with E-state index in [4.69, 9.17) is 5.11 Å². The quantitative estimate of drug-likeness (QED) is 0.399. The fraction of sp³-hybridized carbons (Fsp3) is 0.143. The zero-order chi connectivity index (χ0) is 9.30. The minimum atomic E-state index is -0.582. The Hall–Kier alpha value is -1.23. The number of nitrogens with zero attached hydrogens (tertiary/aromatic N) is 1. The largest absolute Gasteiger partial charge is 0.507 e. The van der Waals surface area contributed by atoms with Crippen LogP contribution >= 0.6 is 12.6 Å². The Bertz CT molecular complexity index is 338. The number of aryl methyl sites for hydroxylation is 1. The van der Waals surface area contributed by atoms with Crippen LogP contribution in [0.2, 0.25) is 0 Å². The van der Waals surface area contributed by atoms with Gasteiger partial charge in [0.25, 0.3) is 5.69 Å². The van der Waals surface area contributed by atoms with Crippen LogP contribution in [0.15, 0.2) is 17.0 Å². The van der Waals surface area contributed by atoms with Gasteiger partial charge in [0.15, 0.2) is 0 Å². The molecule has 0 bridgehead atoms.